The maximum absolute atomic E-state index is 3.93. The van der Waals surface area contributed by atoms with Crippen LogP contribution in [0.4, 0.5) is 0 Å². The maximum atomic E-state index is 3.93. The minimum absolute atomic E-state index is 0.532. The molecule has 94 valence electrons. The minimum atomic E-state index is 0.532. The van der Waals surface area contributed by atoms with Gasteiger partial charge in [-0.05, 0) is 30.6 Å². The molecule has 0 radical (unpaired) electrons. The first kappa shape index (κ1) is 14.0. The van der Waals surface area contributed by atoms with E-state index in [1.165, 1.54) is 24.0 Å². The normalized spacial score (nSPS) is 12.7. The first-order chi connectivity index (χ1) is 8.28. The molecule has 0 aliphatic rings. The van der Waals surface area contributed by atoms with E-state index in [0.717, 1.165) is 13.1 Å². The number of benzene rings is 1. The van der Waals surface area contributed by atoms with Crippen molar-refractivity contribution in [3.8, 4) is 0 Å². The lowest BCUT2D eigenvalue weighted by Crippen LogP contribution is -2.28. The van der Waals surface area contributed by atoms with Crippen molar-refractivity contribution in [1.29, 1.82) is 0 Å². The number of nitrogens with zero attached hydrogens (tertiary/aromatic N) is 1. The van der Waals surface area contributed by atoms with Crippen LogP contribution in [0.25, 0.3) is 6.08 Å². The van der Waals surface area contributed by atoms with Gasteiger partial charge in [0.1, 0.15) is 0 Å². The Labute approximate surface area is 106 Å². The third-order valence-corrected chi connectivity index (χ3v) is 3.39. The van der Waals surface area contributed by atoms with Gasteiger partial charge in [0, 0.05) is 6.04 Å². The SMILES string of the molecule is C=Cc1ccccc1C(CCC)N(CC)CC. The highest BCUT2D eigenvalue weighted by atomic mass is 15.1. The summed E-state index contributed by atoms with van der Waals surface area (Å²) < 4.78 is 0. The van der Waals surface area contributed by atoms with Gasteiger partial charge in [0.05, 0.1) is 0 Å². The van der Waals surface area contributed by atoms with E-state index in [1.807, 2.05) is 6.08 Å². The van der Waals surface area contributed by atoms with Crippen molar-refractivity contribution in [2.75, 3.05) is 13.1 Å². The van der Waals surface area contributed by atoms with Gasteiger partial charge in [-0.1, -0.05) is 64.1 Å². The second-order valence-electron chi connectivity index (χ2n) is 4.36. The zero-order valence-electron chi connectivity index (χ0n) is 11.4. The molecule has 0 aliphatic carbocycles. The van der Waals surface area contributed by atoms with Crippen LogP contribution in [-0.4, -0.2) is 18.0 Å². The van der Waals surface area contributed by atoms with Crippen molar-refractivity contribution in [3.63, 3.8) is 0 Å². The van der Waals surface area contributed by atoms with Crippen molar-refractivity contribution < 1.29 is 0 Å². The van der Waals surface area contributed by atoms with Crippen LogP contribution in [0.15, 0.2) is 30.8 Å². The Morgan fingerprint density at radius 1 is 1.18 bits per heavy atom. The highest BCUT2D eigenvalue weighted by Crippen LogP contribution is 2.28. The molecule has 0 amide bonds. The fourth-order valence-corrected chi connectivity index (χ4v) is 2.47. The summed E-state index contributed by atoms with van der Waals surface area (Å²) in [7, 11) is 0. The van der Waals surface area contributed by atoms with E-state index in [1.54, 1.807) is 0 Å². The Balaban J connectivity index is 3.07. The average molecular weight is 231 g/mol. The van der Waals surface area contributed by atoms with Gasteiger partial charge >= 0.3 is 0 Å². The zero-order valence-corrected chi connectivity index (χ0v) is 11.4. The standard InChI is InChI=1S/C16H25N/c1-5-11-16(17(7-3)8-4)15-13-10-9-12-14(15)6-2/h6,9-10,12-13,16H,2,5,7-8,11H2,1,3-4H3. The molecule has 17 heavy (non-hydrogen) atoms. The molecular formula is C16H25N. The van der Waals surface area contributed by atoms with Crippen LogP contribution in [0.3, 0.4) is 0 Å². The lowest BCUT2D eigenvalue weighted by atomic mass is 9.95. The summed E-state index contributed by atoms with van der Waals surface area (Å²) in [6, 6.07) is 9.16. The number of hydrogen-bond acceptors (Lipinski definition) is 1. The molecule has 0 saturated carbocycles. The molecule has 1 aromatic carbocycles. The Bertz CT molecular complexity index is 339. The van der Waals surface area contributed by atoms with Crippen LogP contribution >= 0.6 is 0 Å². The van der Waals surface area contributed by atoms with Crippen molar-refractivity contribution in [1.82, 2.24) is 4.90 Å². The molecule has 0 N–H and O–H groups in total. The molecule has 0 heterocycles. The van der Waals surface area contributed by atoms with Gasteiger partial charge in [-0.15, -0.1) is 0 Å². The summed E-state index contributed by atoms with van der Waals surface area (Å²) >= 11 is 0. The summed E-state index contributed by atoms with van der Waals surface area (Å²) in [5.41, 5.74) is 2.70. The molecule has 0 bridgehead atoms. The molecule has 1 rings (SSSR count). The monoisotopic (exact) mass is 231 g/mol. The molecule has 1 heteroatoms. The second-order valence-corrected chi connectivity index (χ2v) is 4.36. The lowest BCUT2D eigenvalue weighted by Gasteiger charge is -2.31. The van der Waals surface area contributed by atoms with Crippen LogP contribution in [0.1, 0.15) is 50.8 Å². The Kier molecular flexibility index (Phi) is 5.99. The van der Waals surface area contributed by atoms with Gasteiger partial charge in [-0.25, -0.2) is 0 Å². The molecule has 0 spiro atoms. The quantitative estimate of drug-likeness (QED) is 0.667. The molecule has 0 aliphatic heterocycles. The Hall–Kier alpha value is -1.08. The van der Waals surface area contributed by atoms with Gasteiger partial charge in [0.15, 0.2) is 0 Å². The van der Waals surface area contributed by atoms with Gasteiger partial charge in [-0.2, -0.15) is 0 Å². The largest absolute Gasteiger partial charge is 0.297 e. The van der Waals surface area contributed by atoms with E-state index in [4.69, 9.17) is 0 Å². The maximum Gasteiger partial charge on any atom is 0.0353 e. The molecule has 0 aromatic heterocycles. The zero-order chi connectivity index (χ0) is 12.7. The van der Waals surface area contributed by atoms with Crippen LogP contribution in [0, 0.1) is 0 Å². The summed E-state index contributed by atoms with van der Waals surface area (Å²) in [4.78, 5) is 2.53. The summed E-state index contributed by atoms with van der Waals surface area (Å²) in [6.07, 6.45) is 4.40. The van der Waals surface area contributed by atoms with Gasteiger partial charge in [0.2, 0.25) is 0 Å². The van der Waals surface area contributed by atoms with Crippen LogP contribution in [0.2, 0.25) is 0 Å². The van der Waals surface area contributed by atoms with E-state index >= 15 is 0 Å². The summed E-state index contributed by atoms with van der Waals surface area (Å²) in [5, 5.41) is 0. The number of rotatable bonds is 7. The third kappa shape index (κ3) is 3.44. The fourth-order valence-electron chi connectivity index (χ4n) is 2.47. The first-order valence-electron chi connectivity index (χ1n) is 6.73. The molecule has 1 unspecified atom stereocenters. The summed E-state index contributed by atoms with van der Waals surface area (Å²) in [5.74, 6) is 0. The highest BCUT2D eigenvalue weighted by molar-refractivity contribution is 5.52. The lowest BCUT2D eigenvalue weighted by molar-refractivity contribution is 0.207. The van der Waals surface area contributed by atoms with Crippen molar-refractivity contribution in [2.45, 2.75) is 39.7 Å². The predicted molar refractivity (Wildman–Crippen MR) is 77.1 cm³/mol. The van der Waals surface area contributed by atoms with E-state index in [2.05, 4.69) is 56.5 Å². The topological polar surface area (TPSA) is 3.24 Å². The van der Waals surface area contributed by atoms with Gasteiger partial charge in [0.25, 0.3) is 0 Å². The van der Waals surface area contributed by atoms with Crippen LogP contribution < -0.4 is 0 Å². The molecule has 1 atom stereocenters. The Morgan fingerprint density at radius 3 is 2.35 bits per heavy atom. The minimum Gasteiger partial charge on any atom is -0.297 e. The molecule has 1 aromatic rings. The van der Waals surface area contributed by atoms with Crippen LogP contribution in [-0.2, 0) is 0 Å². The molecule has 0 fully saturated rings. The second kappa shape index (κ2) is 7.29. The predicted octanol–water partition coefficient (Wildman–Crippen LogP) is 4.51. The Morgan fingerprint density at radius 2 is 1.82 bits per heavy atom. The smallest absolute Gasteiger partial charge is 0.0353 e. The third-order valence-electron chi connectivity index (χ3n) is 3.39. The molecular weight excluding hydrogens is 206 g/mol. The van der Waals surface area contributed by atoms with E-state index in [9.17, 15) is 0 Å². The number of hydrogen-bond donors (Lipinski definition) is 0. The van der Waals surface area contributed by atoms with Crippen molar-refractivity contribution in [3.05, 3.63) is 42.0 Å². The fraction of sp³-hybridized carbons (Fsp3) is 0.500. The van der Waals surface area contributed by atoms with Crippen LogP contribution in [0.5, 0.6) is 0 Å². The first-order valence-corrected chi connectivity index (χ1v) is 6.73. The van der Waals surface area contributed by atoms with E-state index in [0.29, 0.717) is 6.04 Å². The molecule has 1 nitrogen and oxygen atoms in total. The van der Waals surface area contributed by atoms with Gasteiger partial charge < -0.3 is 0 Å². The van der Waals surface area contributed by atoms with Crippen molar-refractivity contribution in [2.24, 2.45) is 0 Å². The van der Waals surface area contributed by atoms with E-state index in [-0.39, 0.29) is 0 Å². The van der Waals surface area contributed by atoms with E-state index < -0.39 is 0 Å². The van der Waals surface area contributed by atoms with Gasteiger partial charge in [-0.3, -0.25) is 4.90 Å². The molecule has 0 saturated heterocycles. The average Bonchev–Trinajstić information content (AvgIpc) is 2.39. The van der Waals surface area contributed by atoms with Crippen molar-refractivity contribution >= 4 is 6.08 Å². The summed E-state index contributed by atoms with van der Waals surface area (Å²) in [6.45, 7) is 12.9. The highest BCUT2D eigenvalue weighted by Gasteiger charge is 2.18.